The largest absolute Gasteiger partial charge is 0.495 e. The van der Waals surface area contributed by atoms with Crippen molar-refractivity contribution in [2.45, 2.75) is 6.42 Å². The van der Waals surface area contributed by atoms with Crippen molar-refractivity contribution < 1.29 is 14.3 Å². The molecular formula is C21H24N2O3. The minimum absolute atomic E-state index is 0.0808. The van der Waals surface area contributed by atoms with Crippen LogP contribution in [0.3, 0.4) is 0 Å². The normalized spacial score (nSPS) is 19.5. The van der Waals surface area contributed by atoms with Crippen molar-refractivity contribution in [3.05, 3.63) is 54.1 Å². The van der Waals surface area contributed by atoms with E-state index in [9.17, 15) is 4.79 Å². The van der Waals surface area contributed by atoms with Crippen LogP contribution in [0.1, 0.15) is 5.56 Å². The van der Waals surface area contributed by atoms with Gasteiger partial charge in [-0.3, -0.25) is 4.79 Å². The molecule has 2 aromatic rings. The molecule has 0 saturated carbocycles. The molecule has 0 radical (unpaired) electrons. The Hall–Kier alpha value is -2.69. The Morgan fingerprint density at radius 3 is 2.58 bits per heavy atom. The molecule has 136 valence electrons. The topological polar surface area (TPSA) is 42.0 Å². The van der Waals surface area contributed by atoms with E-state index >= 15 is 0 Å². The summed E-state index contributed by atoms with van der Waals surface area (Å²) in [6.45, 7) is 3.57. The predicted octanol–water partition coefficient (Wildman–Crippen LogP) is 2.60. The second kappa shape index (κ2) is 7.28. The molecule has 26 heavy (non-hydrogen) atoms. The maximum atomic E-state index is 12.9. The fraction of sp³-hybridized carbons (Fsp3) is 0.381. The molecule has 1 atom stereocenters. The molecule has 2 aliphatic rings. The molecular weight excluding hydrogens is 328 g/mol. The van der Waals surface area contributed by atoms with Crippen LogP contribution in [0.2, 0.25) is 0 Å². The highest BCUT2D eigenvalue weighted by Gasteiger charge is 2.31. The highest BCUT2D eigenvalue weighted by molar-refractivity contribution is 5.80. The fourth-order valence-corrected chi connectivity index (χ4v) is 3.80. The van der Waals surface area contributed by atoms with Crippen LogP contribution in [0, 0.1) is 5.92 Å². The first-order chi connectivity index (χ1) is 12.8. The van der Waals surface area contributed by atoms with Gasteiger partial charge in [-0.25, -0.2) is 0 Å². The van der Waals surface area contributed by atoms with E-state index in [0.29, 0.717) is 6.61 Å². The molecule has 1 unspecified atom stereocenters. The Bertz CT molecular complexity index is 784. The van der Waals surface area contributed by atoms with Gasteiger partial charge in [0.05, 0.1) is 18.7 Å². The Morgan fingerprint density at radius 2 is 1.77 bits per heavy atom. The molecule has 5 nitrogen and oxygen atoms in total. The number of carbonyl (C=O) groups is 1. The van der Waals surface area contributed by atoms with Crippen molar-refractivity contribution >= 4 is 11.6 Å². The second-order valence-corrected chi connectivity index (χ2v) is 6.80. The predicted molar refractivity (Wildman–Crippen MR) is 101 cm³/mol. The number of hydrogen-bond acceptors (Lipinski definition) is 4. The van der Waals surface area contributed by atoms with Crippen molar-refractivity contribution in [3.63, 3.8) is 0 Å². The quantitative estimate of drug-likeness (QED) is 0.852. The molecule has 4 rings (SSSR count). The first-order valence-corrected chi connectivity index (χ1v) is 9.13. The lowest BCUT2D eigenvalue weighted by molar-refractivity contribution is -0.137. The van der Waals surface area contributed by atoms with E-state index < -0.39 is 0 Å². The van der Waals surface area contributed by atoms with Crippen LogP contribution in [0.15, 0.2) is 48.5 Å². The number of amides is 1. The lowest BCUT2D eigenvalue weighted by atomic mass is 9.95. The molecule has 0 spiro atoms. The zero-order valence-corrected chi connectivity index (χ0v) is 15.1. The van der Waals surface area contributed by atoms with Crippen molar-refractivity contribution in [3.8, 4) is 11.5 Å². The van der Waals surface area contributed by atoms with Crippen LogP contribution in [-0.4, -0.2) is 50.7 Å². The van der Waals surface area contributed by atoms with E-state index in [1.54, 1.807) is 7.11 Å². The van der Waals surface area contributed by atoms with Gasteiger partial charge in [-0.15, -0.1) is 0 Å². The third kappa shape index (κ3) is 3.21. The summed E-state index contributed by atoms with van der Waals surface area (Å²) in [5.74, 6) is 1.92. The SMILES string of the molecule is COc1ccccc1N1CCN(C(=O)C2COc3ccccc3C2)CC1. The van der Waals surface area contributed by atoms with Crippen molar-refractivity contribution in [2.75, 3.05) is 44.8 Å². The summed E-state index contributed by atoms with van der Waals surface area (Å²) in [6, 6.07) is 16.0. The molecule has 2 aliphatic heterocycles. The van der Waals surface area contributed by atoms with E-state index in [-0.39, 0.29) is 11.8 Å². The summed E-state index contributed by atoms with van der Waals surface area (Å²) in [7, 11) is 1.69. The molecule has 1 fully saturated rings. The second-order valence-electron chi connectivity index (χ2n) is 6.80. The van der Waals surface area contributed by atoms with Crippen molar-refractivity contribution in [1.82, 2.24) is 4.90 Å². The summed E-state index contributed by atoms with van der Waals surface area (Å²) >= 11 is 0. The van der Waals surface area contributed by atoms with Crippen LogP contribution in [0.5, 0.6) is 11.5 Å². The average molecular weight is 352 g/mol. The van der Waals surface area contributed by atoms with Crippen molar-refractivity contribution in [2.24, 2.45) is 5.92 Å². The third-order valence-corrected chi connectivity index (χ3v) is 5.25. The molecule has 0 aliphatic carbocycles. The minimum Gasteiger partial charge on any atom is -0.495 e. The van der Waals surface area contributed by atoms with E-state index in [2.05, 4.69) is 11.0 Å². The fourth-order valence-electron chi connectivity index (χ4n) is 3.80. The molecule has 5 heteroatoms. The number of carbonyl (C=O) groups excluding carboxylic acids is 1. The lowest BCUT2D eigenvalue weighted by Crippen LogP contribution is -2.51. The van der Waals surface area contributed by atoms with E-state index in [1.807, 2.05) is 47.4 Å². The van der Waals surface area contributed by atoms with Gasteiger partial charge in [0.15, 0.2) is 0 Å². The monoisotopic (exact) mass is 352 g/mol. The first-order valence-electron chi connectivity index (χ1n) is 9.13. The molecule has 0 bridgehead atoms. The summed E-state index contributed by atoms with van der Waals surface area (Å²) < 4.78 is 11.3. The minimum atomic E-state index is -0.0808. The molecule has 0 N–H and O–H groups in total. The number of benzene rings is 2. The van der Waals surface area contributed by atoms with Gasteiger partial charge in [0, 0.05) is 26.2 Å². The maximum Gasteiger partial charge on any atom is 0.229 e. The number of fused-ring (bicyclic) bond motifs is 1. The van der Waals surface area contributed by atoms with Gasteiger partial charge in [0.2, 0.25) is 5.91 Å². The van der Waals surface area contributed by atoms with Gasteiger partial charge in [-0.05, 0) is 30.2 Å². The number of anilines is 1. The number of ether oxygens (including phenoxy) is 2. The number of para-hydroxylation sites is 3. The van der Waals surface area contributed by atoms with Crippen molar-refractivity contribution in [1.29, 1.82) is 0 Å². The summed E-state index contributed by atoms with van der Waals surface area (Å²) in [5.41, 5.74) is 2.22. The summed E-state index contributed by atoms with van der Waals surface area (Å²) in [5, 5.41) is 0. The lowest BCUT2D eigenvalue weighted by Gasteiger charge is -2.38. The van der Waals surface area contributed by atoms with Gasteiger partial charge in [0.1, 0.15) is 18.1 Å². The molecule has 2 aromatic carbocycles. The van der Waals surface area contributed by atoms with Gasteiger partial charge >= 0.3 is 0 Å². The molecule has 2 heterocycles. The Balaban J connectivity index is 1.38. The van der Waals surface area contributed by atoms with Crippen LogP contribution >= 0.6 is 0 Å². The Labute approximate surface area is 154 Å². The number of hydrogen-bond donors (Lipinski definition) is 0. The Morgan fingerprint density at radius 1 is 1.04 bits per heavy atom. The number of nitrogens with zero attached hydrogens (tertiary/aromatic N) is 2. The average Bonchev–Trinajstić information content (AvgIpc) is 2.73. The van der Waals surface area contributed by atoms with Gasteiger partial charge in [0.25, 0.3) is 0 Å². The Kier molecular flexibility index (Phi) is 4.69. The molecule has 0 aromatic heterocycles. The first kappa shape index (κ1) is 16.8. The standard InChI is InChI=1S/C21H24N2O3/c1-25-20-9-5-3-7-18(20)22-10-12-23(13-11-22)21(24)17-14-16-6-2-4-8-19(16)26-15-17/h2-9,17H,10-15H2,1H3. The number of piperazine rings is 1. The van der Waals surface area contributed by atoms with Crippen LogP contribution < -0.4 is 14.4 Å². The highest BCUT2D eigenvalue weighted by Crippen LogP contribution is 2.30. The van der Waals surface area contributed by atoms with Gasteiger partial charge < -0.3 is 19.3 Å². The van der Waals surface area contributed by atoms with E-state index in [4.69, 9.17) is 9.47 Å². The van der Waals surface area contributed by atoms with E-state index in [1.165, 1.54) is 0 Å². The third-order valence-electron chi connectivity index (χ3n) is 5.25. The maximum absolute atomic E-state index is 12.9. The van der Waals surface area contributed by atoms with Gasteiger partial charge in [-0.1, -0.05) is 30.3 Å². The van der Waals surface area contributed by atoms with Gasteiger partial charge in [-0.2, -0.15) is 0 Å². The smallest absolute Gasteiger partial charge is 0.229 e. The number of methoxy groups -OCH3 is 1. The molecule has 1 amide bonds. The van der Waals surface area contributed by atoms with Crippen LogP contribution in [0.25, 0.3) is 0 Å². The summed E-state index contributed by atoms with van der Waals surface area (Å²) in [4.78, 5) is 17.2. The highest BCUT2D eigenvalue weighted by atomic mass is 16.5. The van der Waals surface area contributed by atoms with E-state index in [0.717, 1.165) is 55.3 Å². The van der Waals surface area contributed by atoms with Crippen LogP contribution in [-0.2, 0) is 11.2 Å². The summed E-state index contributed by atoms with van der Waals surface area (Å²) in [6.07, 6.45) is 0.766. The molecule has 1 saturated heterocycles. The zero-order valence-electron chi connectivity index (χ0n) is 15.1. The van der Waals surface area contributed by atoms with Crippen LogP contribution in [0.4, 0.5) is 5.69 Å². The number of rotatable bonds is 3. The zero-order chi connectivity index (χ0) is 17.9.